The Morgan fingerprint density at radius 2 is 2.00 bits per heavy atom. The lowest BCUT2D eigenvalue weighted by Gasteiger charge is -1.99. The van der Waals surface area contributed by atoms with Crippen molar-refractivity contribution in [2.75, 3.05) is 0 Å². The van der Waals surface area contributed by atoms with Gasteiger partial charge in [-0.05, 0) is 53.9 Å². The van der Waals surface area contributed by atoms with Crippen LogP contribution in [0.25, 0.3) is 15.9 Å². The zero-order valence-electron chi connectivity index (χ0n) is 7.17. The van der Waals surface area contributed by atoms with Gasteiger partial charge in [0.25, 0.3) is 0 Å². The van der Waals surface area contributed by atoms with Gasteiger partial charge in [-0.25, -0.2) is 4.98 Å². The highest BCUT2D eigenvalue weighted by molar-refractivity contribution is 9.11. The Balaban J connectivity index is 2.68. The Hall–Kier alpha value is 0.0900. The van der Waals surface area contributed by atoms with Gasteiger partial charge in [0.15, 0.2) is 0 Å². The van der Waals surface area contributed by atoms with Crippen molar-refractivity contribution in [3.8, 4) is 0 Å². The molecule has 0 aliphatic heterocycles. The Morgan fingerprint density at radius 1 is 1.20 bits per heavy atom. The van der Waals surface area contributed by atoms with Crippen LogP contribution in [0, 0.1) is 0 Å². The summed E-state index contributed by atoms with van der Waals surface area (Å²) in [5.41, 5.74) is 2.17. The number of aromatic nitrogens is 2. The molecule has 6 heteroatoms. The molecule has 3 rings (SSSR count). The molecule has 3 aromatic heterocycles. The van der Waals surface area contributed by atoms with Crippen LogP contribution in [0.2, 0.25) is 0 Å². The number of hydrogen-bond acceptors (Lipinski definition) is 2. The Bertz CT molecular complexity index is 671. The van der Waals surface area contributed by atoms with Gasteiger partial charge in [-0.15, -0.1) is 11.3 Å². The van der Waals surface area contributed by atoms with Gasteiger partial charge in [0.2, 0.25) is 0 Å². The minimum absolute atomic E-state index is 1.02. The maximum Gasteiger partial charge on any atom is 0.141 e. The highest BCUT2D eigenvalue weighted by Crippen LogP contribution is 2.34. The van der Waals surface area contributed by atoms with Crippen molar-refractivity contribution in [3.05, 3.63) is 31.2 Å². The van der Waals surface area contributed by atoms with E-state index in [0.29, 0.717) is 0 Å². The van der Waals surface area contributed by atoms with Crippen LogP contribution in [-0.2, 0) is 0 Å². The third kappa shape index (κ3) is 1.42. The summed E-state index contributed by atoms with van der Waals surface area (Å²) in [5.74, 6) is 0. The third-order valence-electron chi connectivity index (χ3n) is 2.18. The summed E-state index contributed by atoms with van der Waals surface area (Å²) in [5, 5.41) is 2.05. The normalized spacial score (nSPS) is 11.7. The van der Waals surface area contributed by atoms with Gasteiger partial charge >= 0.3 is 0 Å². The quantitative estimate of drug-likeness (QED) is 0.518. The SMILES string of the molecule is Brc1cc(Br)n2c1cnc1scc(Br)c12. The maximum atomic E-state index is 4.42. The van der Waals surface area contributed by atoms with E-state index in [4.69, 9.17) is 0 Å². The number of halogens is 3. The van der Waals surface area contributed by atoms with Crippen molar-refractivity contribution in [3.63, 3.8) is 0 Å². The molecular formula is C9H3Br3N2S. The number of rotatable bonds is 0. The number of fused-ring (bicyclic) bond motifs is 3. The van der Waals surface area contributed by atoms with E-state index in [2.05, 4.69) is 62.6 Å². The molecule has 0 aromatic carbocycles. The maximum absolute atomic E-state index is 4.42. The zero-order valence-corrected chi connectivity index (χ0v) is 12.7. The van der Waals surface area contributed by atoms with E-state index in [-0.39, 0.29) is 0 Å². The topological polar surface area (TPSA) is 17.3 Å². The Labute approximate surface area is 115 Å². The molecular weight excluding hydrogens is 408 g/mol. The number of hydrogen-bond donors (Lipinski definition) is 0. The summed E-state index contributed by atoms with van der Waals surface area (Å²) in [6.07, 6.45) is 1.88. The molecule has 3 aromatic rings. The van der Waals surface area contributed by atoms with Crippen LogP contribution in [0.4, 0.5) is 0 Å². The van der Waals surface area contributed by atoms with Gasteiger partial charge in [-0.1, -0.05) is 0 Å². The van der Waals surface area contributed by atoms with E-state index in [1.54, 1.807) is 11.3 Å². The van der Waals surface area contributed by atoms with Crippen LogP contribution in [0.3, 0.4) is 0 Å². The molecule has 15 heavy (non-hydrogen) atoms. The molecule has 0 aliphatic carbocycles. The second-order valence-corrected chi connectivity index (χ2v) is 6.41. The van der Waals surface area contributed by atoms with Crippen molar-refractivity contribution >= 4 is 75.0 Å². The highest BCUT2D eigenvalue weighted by Gasteiger charge is 2.12. The van der Waals surface area contributed by atoms with Crippen molar-refractivity contribution in [2.24, 2.45) is 0 Å². The molecule has 0 aliphatic rings. The van der Waals surface area contributed by atoms with Crippen molar-refractivity contribution in [1.29, 1.82) is 0 Å². The molecule has 0 spiro atoms. The second kappa shape index (κ2) is 3.55. The van der Waals surface area contributed by atoms with Gasteiger partial charge in [-0.3, -0.25) is 4.40 Å². The van der Waals surface area contributed by atoms with Gasteiger partial charge in [-0.2, -0.15) is 0 Å². The molecule has 0 atom stereocenters. The first-order valence-corrected chi connectivity index (χ1v) is 7.32. The highest BCUT2D eigenvalue weighted by atomic mass is 79.9. The summed E-state index contributed by atoms with van der Waals surface area (Å²) in [7, 11) is 0. The molecule has 0 unspecified atom stereocenters. The van der Waals surface area contributed by atoms with Crippen molar-refractivity contribution in [1.82, 2.24) is 9.38 Å². The predicted octanol–water partition coefficient (Wildman–Crippen LogP) is 4.84. The molecule has 0 N–H and O–H groups in total. The summed E-state index contributed by atoms with van der Waals surface area (Å²) < 4.78 is 5.27. The minimum atomic E-state index is 1.02. The van der Waals surface area contributed by atoms with E-state index >= 15 is 0 Å². The molecule has 0 bridgehead atoms. The summed E-state index contributed by atoms with van der Waals surface area (Å²) in [6, 6.07) is 2.03. The molecule has 0 saturated heterocycles. The van der Waals surface area contributed by atoms with E-state index in [9.17, 15) is 0 Å². The molecule has 76 valence electrons. The van der Waals surface area contributed by atoms with E-state index < -0.39 is 0 Å². The third-order valence-corrected chi connectivity index (χ3v) is 5.18. The van der Waals surface area contributed by atoms with Crippen LogP contribution < -0.4 is 0 Å². The van der Waals surface area contributed by atoms with Crippen molar-refractivity contribution in [2.45, 2.75) is 0 Å². The lowest BCUT2D eigenvalue weighted by atomic mass is 10.5. The fraction of sp³-hybridized carbons (Fsp3) is 0. The van der Waals surface area contributed by atoms with Crippen LogP contribution in [0.5, 0.6) is 0 Å². The van der Waals surface area contributed by atoms with Crippen LogP contribution >= 0.6 is 59.1 Å². The average Bonchev–Trinajstić information content (AvgIpc) is 2.70. The van der Waals surface area contributed by atoms with E-state index in [1.165, 1.54) is 0 Å². The molecule has 0 amide bonds. The summed E-state index contributed by atoms with van der Waals surface area (Å²) >= 11 is 12.2. The lowest BCUT2D eigenvalue weighted by Crippen LogP contribution is -1.87. The van der Waals surface area contributed by atoms with Crippen LogP contribution in [0.1, 0.15) is 0 Å². The first-order chi connectivity index (χ1) is 7.18. The fourth-order valence-electron chi connectivity index (χ4n) is 1.55. The molecule has 0 fully saturated rings. The van der Waals surface area contributed by atoms with E-state index in [0.717, 1.165) is 29.4 Å². The Morgan fingerprint density at radius 3 is 2.80 bits per heavy atom. The Kier molecular flexibility index (Phi) is 2.43. The van der Waals surface area contributed by atoms with Crippen molar-refractivity contribution < 1.29 is 0 Å². The monoisotopic (exact) mass is 408 g/mol. The van der Waals surface area contributed by atoms with Crippen LogP contribution in [-0.4, -0.2) is 9.38 Å². The minimum Gasteiger partial charge on any atom is -0.298 e. The average molecular weight is 411 g/mol. The molecule has 2 nitrogen and oxygen atoms in total. The first kappa shape index (κ1) is 10.3. The van der Waals surface area contributed by atoms with Gasteiger partial charge < -0.3 is 0 Å². The molecule has 0 radical (unpaired) electrons. The van der Waals surface area contributed by atoms with Gasteiger partial charge in [0, 0.05) is 9.85 Å². The first-order valence-electron chi connectivity index (χ1n) is 4.06. The predicted molar refractivity (Wildman–Crippen MR) is 73.7 cm³/mol. The lowest BCUT2D eigenvalue weighted by molar-refractivity contribution is 1.20. The number of thiophene rings is 1. The van der Waals surface area contributed by atoms with Gasteiger partial charge in [0.05, 0.1) is 26.3 Å². The smallest absolute Gasteiger partial charge is 0.141 e. The number of nitrogens with zero attached hydrogens (tertiary/aromatic N) is 2. The molecule has 0 saturated carbocycles. The van der Waals surface area contributed by atoms with Gasteiger partial charge in [0.1, 0.15) is 4.83 Å². The largest absolute Gasteiger partial charge is 0.298 e. The standard InChI is InChI=1S/C9H3Br3N2S/c10-4-1-7(12)14-6(4)2-13-9-8(14)5(11)3-15-9/h1-3H. The van der Waals surface area contributed by atoms with Crippen LogP contribution in [0.15, 0.2) is 31.2 Å². The zero-order chi connectivity index (χ0) is 10.6. The second-order valence-electron chi connectivity index (χ2n) is 3.03. The summed E-state index contributed by atoms with van der Waals surface area (Å²) in [4.78, 5) is 5.45. The summed E-state index contributed by atoms with van der Waals surface area (Å²) in [6.45, 7) is 0. The molecule has 3 heterocycles. The fourth-order valence-corrected chi connectivity index (χ4v) is 4.48. The van der Waals surface area contributed by atoms with E-state index in [1.807, 2.05) is 12.3 Å².